The lowest BCUT2D eigenvalue weighted by atomic mass is 9.70. The van der Waals surface area contributed by atoms with Crippen molar-refractivity contribution < 1.29 is 22.2 Å². The van der Waals surface area contributed by atoms with Crippen molar-refractivity contribution in [1.29, 1.82) is 4.78 Å². The number of nitrogens with zero attached hydrogens (tertiary/aromatic N) is 3. The highest BCUT2D eigenvalue weighted by Gasteiger charge is 2.56. The van der Waals surface area contributed by atoms with Gasteiger partial charge in [-0.3, -0.25) is 9.48 Å². The number of aromatic nitrogens is 3. The Bertz CT molecular complexity index is 1200. The molecule has 2 atom stereocenters. The van der Waals surface area contributed by atoms with E-state index >= 15 is 0 Å². The molecule has 1 amide bonds. The van der Waals surface area contributed by atoms with Gasteiger partial charge in [-0.25, -0.2) is 14.0 Å². The zero-order valence-electron chi connectivity index (χ0n) is 17.5. The van der Waals surface area contributed by atoms with Crippen LogP contribution in [-0.2, 0) is 22.5 Å². The quantitative estimate of drug-likeness (QED) is 0.646. The predicted octanol–water partition coefficient (Wildman–Crippen LogP) is 4.65. The van der Waals surface area contributed by atoms with E-state index in [1.54, 1.807) is 0 Å². The van der Waals surface area contributed by atoms with E-state index in [2.05, 4.69) is 15.4 Å². The Balaban J connectivity index is 1.53. The van der Waals surface area contributed by atoms with E-state index in [4.69, 9.17) is 4.78 Å². The van der Waals surface area contributed by atoms with Gasteiger partial charge in [0.15, 0.2) is 0 Å². The molecule has 2 N–H and O–H groups in total. The summed E-state index contributed by atoms with van der Waals surface area (Å²) >= 11 is 0. The maximum absolute atomic E-state index is 14.1. The second kappa shape index (κ2) is 7.03. The Morgan fingerprint density at radius 3 is 2.56 bits per heavy atom. The molecule has 3 aliphatic carbocycles. The van der Waals surface area contributed by atoms with Crippen LogP contribution in [0.3, 0.4) is 0 Å². The second-order valence-corrected chi connectivity index (χ2v) is 11.4. The first-order valence-electron chi connectivity index (χ1n) is 10.7. The minimum Gasteiger partial charge on any atom is -0.320 e. The number of rotatable bonds is 6. The number of carbonyl (C=O) groups excluding carboxylic acids is 1. The van der Waals surface area contributed by atoms with E-state index in [9.17, 15) is 22.2 Å². The first-order chi connectivity index (χ1) is 15.0. The number of alkyl halides is 3. The van der Waals surface area contributed by atoms with Gasteiger partial charge in [-0.05, 0) is 62.0 Å². The first-order valence-corrected chi connectivity index (χ1v) is 12.6. The van der Waals surface area contributed by atoms with Crippen molar-refractivity contribution in [3.05, 3.63) is 35.3 Å². The molecule has 11 heteroatoms. The van der Waals surface area contributed by atoms with Gasteiger partial charge in [-0.2, -0.15) is 18.3 Å². The van der Waals surface area contributed by atoms with Gasteiger partial charge in [-0.1, -0.05) is 0 Å². The molecule has 5 rings (SSSR count). The van der Waals surface area contributed by atoms with Crippen LogP contribution in [0.4, 0.5) is 18.9 Å². The van der Waals surface area contributed by atoms with Crippen molar-refractivity contribution in [2.45, 2.75) is 62.2 Å². The van der Waals surface area contributed by atoms with Gasteiger partial charge in [0.2, 0.25) is 0 Å². The fourth-order valence-electron chi connectivity index (χ4n) is 4.72. The molecule has 3 fully saturated rings. The van der Waals surface area contributed by atoms with Crippen LogP contribution >= 0.6 is 0 Å². The highest BCUT2D eigenvalue weighted by atomic mass is 32.2. The number of anilines is 1. The normalized spacial score (nSPS) is 23.4. The average molecular weight is 468 g/mol. The van der Waals surface area contributed by atoms with Crippen LogP contribution in [0.5, 0.6) is 0 Å². The monoisotopic (exact) mass is 467 g/mol. The Labute approximate surface area is 183 Å². The summed E-state index contributed by atoms with van der Waals surface area (Å²) in [7, 11) is -3.14. The van der Waals surface area contributed by atoms with Crippen LogP contribution in [0.2, 0.25) is 0 Å². The summed E-state index contributed by atoms with van der Waals surface area (Å²) in [5.74, 6) is -0.940. The Kier molecular flexibility index (Phi) is 4.71. The van der Waals surface area contributed by atoms with E-state index in [-0.39, 0.29) is 33.7 Å². The molecule has 2 heterocycles. The third kappa shape index (κ3) is 3.80. The molecule has 7 nitrogen and oxygen atoms in total. The first kappa shape index (κ1) is 21.4. The van der Waals surface area contributed by atoms with Gasteiger partial charge in [0.25, 0.3) is 5.91 Å². The number of amides is 1. The molecule has 1 spiro atoms. The van der Waals surface area contributed by atoms with E-state index in [1.807, 2.05) is 0 Å². The van der Waals surface area contributed by atoms with Crippen LogP contribution in [0.15, 0.2) is 23.4 Å². The van der Waals surface area contributed by atoms with Crippen molar-refractivity contribution in [2.24, 2.45) is 11.3 Å². The molecule has 0 bridgehead atoms. The van der Waals surface area contributed by atoms with Crippen LogP contribution in [0, 0.1) is 16.1 Å². The molecule has 0 aromatic carbocycles. The van der Waals surface area contributed by atoms with Gasteiger partial charge >= 0.3 is 6.18 Å². The molecular formula is C21H24F3N5O2S. The van der Waals surface area contributed by atoms with Crippen LogP contribution < -0.4 is 5.32 Å². The van der Waals surface area contributed by atoms with E-state index in [1.165, 1.54) is 29.3 Å². The maximum atomic E-state index is 14.1. The molecule has 3 aliphatic rings. The second-order valence-electron chi connectivity index (χ2n) is 9.34. The summed E-state index contributed by atoms with van der Waals surface area (Å²) < 4.78 is 63.3. The highest BCUT2D eigenvalue weighted by molar-refractivity contribution is 7.91. The zero-order chi connectivity index (χ0) is 22.9. The minimum absolute atomic E-state index is 0.0371. The molecule has 3 saturated carbocycles. The van der Waals surface area contributed by atoms with E-state index in [0.717, 1.165) is 25.7 Å². The predicted molar refractivity (Wildman–Crippen MR) is 111 cm³/mol. The summed E-state index contributed by atoms with van der Waals surface area (Å²) in [6.07, 6.45) is 3.22. The summed E-state index contributed by atoms with van der Waals surface area (Å²) in [5, 5.41) is 6.76. The zero-order valence-corrected chi connectivity index (χ0v) is 18.4. The summed E-state index contributed by atoms with van der Waals surface area (Å²) in [6.45, 7) is 0.301. The van der Waals surface area contributed by atoms with Gasteiger partial charge in [0.05, 0.1) is 15.4 Å². The Hall–Kier alpha value is -2.43. The molecule has 2 aromatic heterocycles. The van der Waals surface area contributed by atoms with Crippen LogP contribution in [-0.4, -0.2) is 31.1 Å². The van der Waals surface area contributed by atoms with Gasteiger partial charge in [0, 0.05) is 30.6 Å². The number of pyridine rings is 1. The SMILES string of the molecule is CS(=N)(=O)c1cc(NC(=O)c2c(C(F)(F)F)c(C3CC3)nn2CC2CCC23CC3)ccn1. The molecule has 0 aliphatic heterocycles. The highest BCUT2D eigenvalue weighted by Crippen LogP contribution is 2.65. The molecule has 172 valence electrons. The number of hydrogen-bond acceptors (Lipinski definition) is 5. The lowest BCUT2D eigenvalue weighted by Gasteiger charge is -2.37. The molecule has 2 aromatic rings. The lowest BCUT2D eigenvalue weighted by Crippen LogP contribution is -2.33. The van der Waals surface area contributed by atoms with E-state index < -0.39 is 33.1 Å². The number of carbonyl (C=O) groups is 1. The van der Waals surface area contributed by atoms with Crippen molar-refractivity contribution in [3.8, 4) is 0 Å². The van der Waals surface area contributed by atoms with Gasteiger partial charge < -0.3 is 5.32 Å². The molecule has 0 radical (unpaired) electrons. The molecule has 2 unspecified atom stereocenters. The van der Waals surface area contributed by atoms with Crippen molar-refractivity contribution in [1.82, 2.24) is 14.8 Å². The van der Waals surface area contributed by atoms with Crippen LogP contribution in [0.1, 0.15) is 66.2 Å². The number of nitrogens with one attached hydrogen (secondary N) is 2. The summed E-state index contributed by atoms with van der Waals surface area (Å²) in [5.41, 5.74) is -1.09. The Morgan fingerprint density at radius 1 is 1.31 bits per heavy atom. The van der Waals surface area contributed by atoms with Crippen LogP contribution in [0.25, 0.3) is 0 Å². The number of hydrogen-bond donors (Lipinski definition) is 2. The summed E-state index contributed by atoms with van der Waals surface area (Å²) in [4.78, 5) is 17.0. The minimum atomic E-state index is -4.71. The summed E-state index contributed by atoms with van der Waals surface area (Å²) in [6, 6.07) is 2.65. The van der Waals surface area contributed by atoms with Crippen molar-refractivity contribution in [2.75, 3.05) is 11.6 Å². The van der Waals surface area contributed by atoms with E-state index in [0.29, 0.717) is 19.4 Å². The smallest absolute Gasteiger partial charge is 0.320 e. The standard InChI is InChI=1S/C21H24F3N5O2S/c1-32(25,31)15-10-14(5-9-26-15)27-19(30)18-16(21(22,23)24)17(12-2-3-12)28-29(18)11-13-4-6-20(13)7-8-20/h5,9-10,12-13,25H,2-4,6-8,11H2,1H3,(H,26,27,30). The fraction of sp³-hybridized carbons (Fsp3) is 0.571. The molecule has 0 saturated heterocycles. The number of halogens is 3. The topological polar surface area (TPSA) is 101 Å². The largest absolute Gasteiger partial charge is 0.420 e. The third-order valence-corrected chi connectivity index (χ3v) is 8.00. The third-order valence-electron chi connectivity index (χ3n) is 6.98. The van der Waals surface area contributed by atoms with Crippen molar-refractivity contribution in [3.63, 3.8) is 0 Å². The maximum Gasteiger partial charge on any atom is 0.420 e. The molecule has 32 heavy (non-hydrogen) atoms. The van der Waals surface area contributed by atoms with Crippen molar-refractivity contribution >= 4 is 21.3 Å². The fourth-order valence-corrected chi connectivity index (χ4v) is 5.34. The van der Waals surface area contributed by atoms with Gasteiger partial charge in [-0.15, -0.1) is 0 Å². The molecular weight excluding hydrogens is 443 g/mol. The van der Waals surface area contributed by atoms with Gasteiger partial charge in [0.1, 0.15) is 16.3 Å². The average Bonchev–Trinajstić information content (AvgIpc) is 3.60. The lowest BCUT2D eigenvalue weighted by molar-refractivity contribution is -0.138. The Morgan fingerprint density at radius 2 is 2.03 bits per heavy atom.